The van der Waals surface area contributed by atoms with Crippen LogP contribution in [0.5, 0.6) is 5.75 Å². The molecule has 1 amide bonds. The highest BCUT2D eigenvalue weighted by molar-refractivity contribution is 6.06. The zero-order valence-corrected chi connectivity index (χ0v) is 9.88. The maximum Gasteiger partial charge on any atom is 0.260 e. The second-order valence-electron chi connectivity index (χ2n) is 3.63. The molecule has 3 N–H and O–H groups in total. The lowest BCUT2D eigenvalue weighted by molar-refractivity contribution is 0.102. The van der Waals surface area contributed by atoms with Crippen LogP contribution in [0.25, 0.3) is 0 Å². The van der Waals surface area contributed by atoms with Gasteiger partial charge in [0.1, 0.15) is 11.6 Å². The molecule has 2 aromatic rings. The Morgan fingerprint density at radius 1 is 1.33 bits per heavy atom. The number of nitrogens with zero attached hydrogens (tertiary/aromatic N) is 1. The maximum atomic E-state index is 12.1. The molecule has 0 atom stereocenters. The van der Waals surface area contributed by atoms with E-state index in [1.807, 2.05) is 0 Å². The minimum Gasteiger partial charge on any atom is -0.496 e. The molecule has 2 rings (SSSR count). The normalized spacial score (nSPS) is 9.83. The molecule has 1 aromatic carbocycles. The van der Waals surface area contributed by atoms with Crippen LogP contribution in [-0.2, 0) is 0 Å². The molecule has 0 bridgehead atoms. The zero-order valence-electron chi connectivity index (χ0n) is 9.88. The first-order chi connectivity index (χ1) is 8.70. The maximum absolute atomic E-state index is 12.1. The Bertz CT molecular complexity index is 555. The number of hydrogen-bond acceptors (Lipinski definition) is 4. The van der Waals surface area contributed by atoms with Crippen molar-refractivity contribution in [3.63, 3.8) is 0 Å². The molecule has 1 aromatic heterocycles. The first-order valence-corrected chi connectivity index (χ1v) is 5.36. The van der Waals surface area contributed by atoms with E-state index in [0.29, 0.717) is 22.8 Å². The fourth-order valence-corrected chi connectivity index (χ4v) is 1.52. The monoisotopic (exact) mass is 243 g/mol. The number of nitrogens with two attached hydrogens (primary N) is 1. The number of aromatic nitrogens is 1. The van der Waals surface area contributed by atoms with Crippen LogP contribution in [0.4, 0.5) is 11.5 Å². The van der Waals surface area contributed by atoms with E-state index in [2.05, 4.69) is 10.3 Å². The van der Waals surface area contributed by atoms with Gasteiger partial charge in [-0.25, -0.2) is 4.98 Å². The van der Waals surface area contributed by atoms with Gasteiger partial charge >= 0.3 is 0 Å². The summed E-state index contributed by atoms with van der Waals surface area (Å²) in [6.45, 7) is 0. The van der Waals surface area contributed by atoms with Gasteiger partial charge in [0.2, 0.25) is 0 Å². The summed E-state index contributed by atoms with van der Waals surface area (Å²) in [6, 6.07) is 10.2. The molecule has 0 unspecified atom stereocenters. The van der Waals surface area contributed by atoms with E-state index in [1.54, 1.807) is 42.6 Å². The largest absolute Gasteiger partial charge is 0.496 e. The first kappa shape index (κ1) is 11.9. The van der Waals surface area contributed by atoms with Gasteiger partial charge in [-0.05, 0) is 30.3 Å². The molecule has 92 valence electrons. The summed E-state index contributed by atoms with van der Waals surface area (Å²) < 4.78 is 5.12. The fourth-order valence-electron chi connectivity index (χ4n) is 1.52. The van der Waals surface area contributed by atoms with E-state index in [1.165, 1.54) is 7.11 Å². The zero-order chi connectivity index (χ0) is 13.0. The number of ether oxygens (including phenoxy) is 1. The second-order valence-corrected chi connectivity index (χ2v) is 3.63. The summed E-state index contributed by atoms with van der Waals surface area (Å²) in [7, 11) is 1.50. The molecule has 1 heterocycles. The number of carbonyl (C=O) groups excluding carboxylic acids is 1. The van der Waals surface area contributed by atoms with Crippen molar-refractivity contribution in [2.45, 2.75) is 0 Å². The Hall–Kier alpha value is -2.56. The number of rotatable bonds is 3. The predicted molar refractivity (Wildman–Crippen MR) is 69.6 cm³/mol. The summed E-state index contributed by atoms with van der Waals surface area (Å²) in [5.41, 5.74) is 6.54. The van der Waals surface area contributed by atoms with Crippen molar-refractivity contribution in [2.75, 3.05) is 18.2 Å². The minimum absolute atomic E-state index is 0.308. The number of pyridine rings is 1. The van der Waals surface area contributed by atoms with Gasteiger partial charge in [0.15, 0.2) is 0 Å². The molecular formula is C13H13N3O2. The molecule has 0 saturated heterocycles. The molecule has 0 saturated carbocycles. The number of amides is 1. The Balaban J connectivity index is 2.26. The Morgan fingerprint density at radius 3 is 2.83 bits per heavy atom. The highest BCUT2D eigenvalue weighted by Crippen LogP contribution is 2.21. The molecule has 0 fully saturated rings. The Labute approximate surface area is 105 Å². The fraction of sp³-hybridized carbons (Fsp3) is 0.0769. The van der Waals surface area contributed by atoms with Gasteiger partial charge in [-0.15, -0.1) is 0 Å². The van der Waals surface area contributed by atoms with Crippen molar-refractivity contribution >= 4 is 17.4 Å². The van der Waals surface area contributed by atoms with Crippen molar-refractivity contribution < 1.29 is 9.53 Å². The standard InChI is InChI=1S/C13H13N3O2/c1-18-11-6-5-9(14)8-10(11)13(17)16-12-4-2-3-7-15-12/h2-8H,14H2,1H3,(H,15,16,17). The summed E-state index contributed by atoms with van der Waals surface area (Å²) >= 11 is 0. The van der Waals surface area contributed by atoms with Crippen LogP contribution in [0.3, 0.4) is 0 Å². The molecule has 18 heavy (non-hydrogen) atoms. The lowest BCUT2D eigenvalue weighted by atomic mass is 10.1. The summed E-state index contributed by atoms with van der Waals surface area (Å²) in [4.78, 5) is 16.1. The predicted octanol–water partition coefficient (Wildman–Crippen LogP) is 1.92. The number of nitrogens with one attached hydrogen (secondary N) is 1. The van der Waals surface area contributed by atoms with E-state index in [0.717, 1.165) is 0 Å². The smallest absolute Gasteiger partial charge is 0.260 e. The van der Waals surface area contributed by atoms with Crippen LogP contribution >= 0.6 is 0 Å². The molecule has 0 spiro atoms. The van der Waals surface area contributed by atoms with E-state index >= 15 is 0 Å². The van der Waals surface area contributed by atoms with E-state index in [9.17, 15) is 4.79 Å². The minimum atomic E-state index is -0.308. The van der Waals surface area contributed by atoms with Crippen LogP contribution in [0.2, 0.25) is 0 Å². The number of anilines is 2. The van der Waals surface area contributed by atoms with Crippen LogP contribution in [-0.4, -0.2) is 18.0 Å². The molecule has 0 aliphatic heterocycles. The lowest BCUT2D eigenvalue weighted by Crippen LogP contribution is -2.14. The SMILES string of the molecule is COc1ccc(N)cc1C(=O)Nc1ccccn1. The molecule has 0 aliphatic rings. The van der Waals surface area contributed by atoms with Gasteiger partial charge in [-0.2, -0.15) is 0 Å². The van der Waals surface area contributed by atoms with E-state index in [4.69, 9.17) is 10.5 Å². The van der Waals surface area contributed by atoms with Gasteiger partial charge in [0.05, 0.1) is 12.7 Å². The lowest BCUT2D eigenvalue weighted by Gasteiger charge is -2.09. The van der Waals surface area contributed by atoms with Crippen LogP contribution in [0.15, 0.2) is 42.6 Å². The van der Waals surface area contributed by atoms with Crippen LogP contribution < -0.4 is 15.8 Å². The third-order valence-electron chi connectivity index (χ3n) is 2.37. The number of benzene rings is 1. The first-order valence-electron chi connectivity index (χ1n) is 5.36. The number of nitrogen functional groups attached to an aromatic ring is 1. The number of hydrogen-bond donors (Lipinski definition) is 2. The number of methoxy groups -OCH3 is 1. The quantitative estimate of drug-likeness (QED) is 0.807. The van der Waals surface area contributed by atoms with Gasteiger partial charge in [-0.1, -0.05) is 6.07 Å². The van der Waals surface area contributed by atoms with Crippen molar-refractivity contribution in [3.8, 4) is 5.75 Å². The van der Waals surface area contributed by atoms with E-state index in [-0.39, 0.29) is 5.91 Å². The van der Waals surface area contributed by atoms with E-state index < -0.39 is 0 Å². The molecular weight excluding hydrogens is 230 g/mol. The molecule has 0 radical (unpaired) electrons. The van der Waals surface area contributed by atoms with Crippen LogP contribution in [0.1, 0.15) is 10.4 Å². The van der Waals surface area contributed by atoms with Gasteiger partial charge in [0, 0.05) is 11.9 Å². The van der Waals surface area contributed by atoms with Crippen molar-refractivity contribution in [1.82, 2.24) is 4.98 Å². The van der Waals surface area contributed by atoms with Gasteiger partial charge in [0.25, 0.3) is 5.91 Å². The van der Waals surface area contributed by atoms with Gasteiger partial charge < -0.3 is 15.8 Å². The average molecular weight is 243 g/mol. The average Bonchev–Trinajstić information content (AvgIpc) is 2.40. The third-order valence-corrected chi connectivity index (χ3v) is 2.37. The molecule has 0 aliphatic carbocycles. The summed E-state index contributed by atoms with van der Waals surface area (Å²) in [6.07, 6.45) is 1.60. The summed E-state index contributed by atoms with van der Waals surface area (Å²) in [5, 5.41) is 2.67. The number of carbonyl (C=O) groups is 1. The van der Waals surface area contributed by atoms with Crippen LogP contribution in [0, 0.1) is 0 Å². The van der Waals surface area contributed by atoms with Crippen molar-refractivity contribution in [2.24, 2.45) is 0 Å². The topological polar surface area (TPSA) is 77.2 Å². The summed E-state index contributed by atoms with van der Waals surface area (Å²) in [5.74, 6) is 0.641. The van der Waals surface area contributed by atoms with Crippen molar-refractivity contribution in [1.29, 1.82) is 0 Å². The van der Waals surface area contributed by atoms with Crippen molar-refractivity contribution in [3.05, 3.63) is 48.2 Å². The van der Waals surface area contributed by atoms with Gasteiger partial charge in [-0.3, -0.25) is 4.79 Å². The second kappa shape index (κ2) is 5.18. The Kier molecular flexibility index (Phi) is 3.43. The highest BCUT2D eigenvalue weighted by atomic mass is 16.5. The third kappa shape index (κ3) is 2.57. The Morgan fingerprint density at radius 2 is 2.17 bits per heavy atom. The molecule has 5 nitrogen and oxygen atoms in total. The molecule has 5 heteroatoms. The highest BCUT2D eigenvalue weighted by Gasteiger charge is 2.13.